The lowest BCUT2D eigenvalue weighted by Gasteiger charge is -2.39. The smallest absolute Gasteiger partial charge is 0.233 e. The summed E-state index contributed by atoms with van der Waals surface area (Å²) in [6, 6.07) is 29.7. The van der Waals surface area contributed by atoms with E-state index in [0.29, 0.717) is 5.75 Å². The van der Waals surface area contributed by atoms with Gasteiger partial charge in [0.05, 0.1) is 22.0 Å². The van der Waals surface area contributed by atoms with Gasteiger partial charge in [-0.15, -0.1) is 10.2 Å². The van der Waals surface area contributed by atoms with Gasteiger partial charge in [0.1, 0.15) is 0 Å². The van der Waals surface area contributed by atoms with Gasteiger partial charge < -0.3 is 4.90 Å². The molecule has 8 heteroatoms. The van der Waals surface area contributed by atoms with Gasteiger partial charge in [-0.3, -0.25) is 14.1 Å². The Morgan fingerprint density at radius 3 is 2.14 bits per heavy atom. The molecule has 1 aliphatic rings. The number of carbonyl (C=O) groups is 1. The second kappa shape index (κ2) is 9.81. The third-order valence-corrected chi connectivity index (χ3v) is 8.42. The van der Waals surface area contributed by atoms with Crippen LogP contribution in [-0.4, -0.2) is 62.2 Å². The highest BCUT2D eigenvalue weighted by molar-refractivity contribution is 7.99. The largest absolute Gasteiger partial charge is 0.339 e. The average Bonchev–Trinajstić information content (AvgIpc) is 3.49. The van der Waals surface area contributed by atoms with Crippen LogP contribution in [0.15, 0.2) is 90.1 Å². The molecule has 1 fully saturated rings. The molecule has 35 heavy (non-hydrogen) atoms. The zero-order chi connectivity index (χ0) is 23.6. The van der Waals surface area contributed by atoms with E-state index in [0.717, 1.165) is 41.8 Å². The van der Waals surface area contributed by atoms with Crippen molar-refractivity contribution in [3.05, 3.63) is 96.1 Å². The van der Waals surface area contributed by atoms with E-state index in [1.807, 2.05) is 17.0 Å². The lowest BCUT2D eigenvalue weighted by Crippen LogP contribution is -2.50. The Hall–Kier alpha value is -3.20. The fourth-order valence-corrected chi connectivity index (χ4v) is 6.65. The van der Waals surface area contributed by atoms with E-state index in [9.17, 15) is 4.79 Å². The molecule has 6 nitrogen and oxygen atoms in total. The van der Waals surface area contributed by atoms with E-state index in [4.69, 9.17) is 0 Å². The van der Waals surface area contributed by atoms with Crippen LogP contribution in [0.1, 0.15) is 17.2 Å². The monoisotopic (exact) mass is 499 g/mol. The van der Waals surface area contributed by atoms with Gasteiger partial charge in [-0.05, 0) is 23.3 Å². The molecule has 6 rings (SSSR count). The molecule has 5 aromatic rings. The van der Waals surface area contributed by atoms with Gasteiger partial charge in [-0.25, -0.2) is 0 Å². The van der Waals surface area contributed by atoms with Gasteiger partial charge in [0.25, 0.3) is 0 Å². The van der Waals surface area contributed by atoms with Crippen LogP contribution in [-0.2, 0) is 4.79 Å². The number of fused-ring (bicyclic) bond motifs is 3. The molecular formula is C27H25N5OS2. The fourth-order valence-electron chi connectivity index (χ4n) is 4.78. The van der Waals surface area contributed by atoms with Crippen LogP contribution in [0.25, 0.3) is 15.2 Å². The maximum absolute atomic E-state index is 13.1. The maximum atomic E-state index is 13.1. The number of carbonyl (C=O) groups excluding carboxylic acids is 1. The van der Waals surface area contributed by atoms with Crippen molar-refractivity contribution in [2.24, 2.45) is 0 Å². The number of piperazine rings is 1. The number of para-hydroxylation sites is 1. The minimum Gasteiger partial charge on any atom is -0.339 e. The number of amides is 1. The van der Waals surface area contributed by atoms with E-state index in [1.54, 1.807) is 11.3 Å². The quantitative estimate of drug-likeness (QED) is 0.309. The number of hydrogen-bond donors (Lipinski definition) is 0. The van der Waals surface area contributed by atoms with Crippen LogP contribution >= 0.6 is 23.1 Å². The first-order valence-electron chi connectivity index (χ1n) is 11.7. The van der Waals surface area contributed by atoms with Gasteiger partial charge in [-0.2, -0.15) is 0 Å². The second-order valence-electron chi connectivity index (χ2n) is 8.60. The topological polar surface area (TPSA) is 53.7 Å². The highest BCUT2D eigenvalue weighted by atomic mass is 32.2. The molecule has 0 N–H and O–H groups in total. The van der Waals surface area contributed by atoms with Gasteiger partial charge >= 0.3 is 0 Å². The van der Waals surface area contributed by atoms with Crippen molar-refractivity contribution in [1.82, 2.24) is 24.4 Å². The lowest BCUT2D eigenvalue weighted by atomic mass is 9.96. The number of thiazole rings is 1. The zero-order valence-electron chi connectivity index (χ0n) is 19.2. The van der Waals surface area contributed by atoms with Crippen molar-refractivity contribution in [3.8, 4) is 0 Å². The Labute approximate surface area is 212 Å². The zero-order valence-corrected chi connectivity index (χ0v) is 20.8. The molecule has 0 bridgehead atoms. The molecular weight excluding hydrogens is 474 g/mol. The minimum atomic E-state index is 0.155. The summed E-state index contributed by atoms with van der Waals surface area (Å²) >= 11 is 3.09. The molecule has 0 aliphatic carbocycles. The van der Waals surface area contributed by atoms with Crippen LogP contribution in [0, 0.1) is 0 Å². The van der Waals surface area contributed by atoms with E-state index < -0.39 is 0 Å². The van der Waals surface area contributed by atoms with E-state index >= 15 is 0 Å². The van der Waals surface area contributed by atoms with Crippen molar-refractivity contribution < 1.29 is 4.79 Å². The summed E-state index contributed by atoms with van der Waals surface area (Å²) in [5, 5.41) is 9.42. The summed E-state index contributed by atoms with van der Waals surface area (Å²) in [5.74, 6) is 0.521. The second-order valence-corrected chi connectivity index (χ2v) is 10.6. The average molecular weight is 500 g/mol. The number of nitrogens with zero attached hydrogens (tertiary/aromatic N) is 5. The summed E-state index contributed by atoms with van der Waals surface area (Å²) in [6.07, 6.45) is 0. The Kier molecular flexibility index (Phi) is 6.24. The van der Waals surface area contributed by atoms with Crippen LogP contribution in [0.5, 0.6) is 0 Å². The normalized spacial score (nSPS) is 14.8. The van der Waals surface area contributed by atoms with Gasteiger partial charge in [0, 0.05) is 26.2 Å². The van der Waals surface area contributed by atoms with Gasteiger partial charge in [0.2, 0.25) is 10.9 Å². The van der Waals surface area contributed by atoms with Gasteiger partial charge in [0.15, 0.2) is 5.16 Å². The van der Waals surface area contributed by atoms with Crippen molar-refractivity contribution in [2.45, 2.75) is 11.2 Å². The molecule has 1 aliphatic heterocycles. The van der Waals surface area contributed by atoms with Crippen LogP contribution < -0.4 is 0 Å². The van der Waals surface area contributed by atoms with E-state index in [1.165, 1.54) is 27.6 Å². The number of rotatable bonds is 6. The van der Waals surface area contributed by atoms with Crippen molar-refractivity contribution >= 4 is 44.2 Å². The standard InChI is InChI=1S/C27H25N5OS2/c33-24(19-34-26-28-29-27-32(26)22-13-7-8-14-23(22)35-27)30-15-17-31(18-16-30)25(20-9-3-1-4-10-20)21-11-5-2-6-12-21/h1-14,25H,15-19H2. The predicted molar refractivity (Wildman–Crippen MR) is 142 cm³/mol. The summed E-state index contributed by atoms with van der Waals surface area (Å²) in [7, 11) is 0. The van der Waals surface area contributed by atoms with Crippen molar-refractivity contribution in [2.75, 3.05) is 31.9 Å². The summed E-state index contributed by atoms with van der Waals surface area (Å²) in [5.41, 5.74) is 3.66. The minimum absolute atomic E-state index is 0.155. The highest BCUT2D eigenvalue weighted by Gasteiger charge is 2.28. The molecule has 1 saturated heterocycles. The number of thioether (sulfide) groups is 1. The van der Waals surface area contributed by atoms with Crippen LogP contribution in [0.2, 0.25) is 0 Å². The van der Waals surface area contributed by atoms with Crippen molar-refractivity contribution in [1.29, 1.82) is 0 Å². The number of hydrogen-bond acceptors (Lipinski definition) is 6. The van der Waals surface area contributed by atoms with E-state index in [2.05, 4.69) is 92.3 Å². The Bertz CT molecular complexity index is 1400. The van der Waals surface area contributed by atoms with Gasteiger partial charge in [-0.1, -0.05) is 95.9 Å². The molecule has 0 spiro atoms. The highest BCUT2D eigenvalue weighted by Crippen LogP contribution is 2.31. The Balaban J connectivity index is 1.12. The summed E-state index contributed by atoms with van der Waals surface area (Å²) < 4.78 is 3.23. The first kappa shape index (κ1) is 22.3. The predicted octanol–water partition coefficient (Wildman–Crippen LogP) is 4.97. The lowest BCUT2D eigenvalue weighted by molar-refractivity contribution is -0.130. The summed E-state index contributed by atoms with van der Waals surface area (Å²) in [6.45, 7) is 3.14. The maximum Gasteiger partial charge on any atom is 0.233 e. The molecule has 3 heterocycles. The molecule has 0 atom stereocenters. The molecule has 2 aromatic heterocycles. The fraction of sp³-hybridized carbons (Fsp3) is 0.222. The SMILES string of the molecule is O=C(CSc1nnc2sc3ccccc3n12)N1CCN(C(c2ccccc2)c2ccccc2)CC1. The van der Waals surface area contributed by atoms with Crippen LogP contribution in [0.3, 0.4) is 0 Å². The number of aromatic nitrogens is 3. The molecule has 3 aromatic carbocycles. The summed E-state index contributed by atoms with van der Waals surface area (Å²) in [4.78, 5) is 18.4. The third-order valence-electron chi connectivity index (χ3n) is 6.50. The Morgan fingerprint density at radius 2 is 1.46 bits per heavy atom. The molecule has 0 unspecified atom stereocenters. The van der Waals surface area contributed by atoms with Crippen molar-refractivity contribution in [3.63, 3.8) is 0 Å². The molecule has 0 radical (unpaired) electrons. The molecule has 0 saturated carbocycles. The van der Waals surface area contributed by atoms with Crippen LogP contribution in [0.4, 0.5) is 0 Å². The Morgan fingerprint density at radius 1 is 0.829 bits per heavy atom. The first-order chi connectivity index (χ1) is 17.3. The number of benzene rings is 3. The molecule has 176 valence electrons. The first-order valence-corrected chi connectivity index (χ1v) is 13.6. The molecule has 1 amide bonds. The third kappa shape index (κ3) is 4.45. The van der Waals surface area contributed by atoms with E-state index in [-0.39, 0.29) is 11.9 Å².